The Morgan fingerprint density at radius 2 is 1.93 bits per heavy atom. The summed E-state index contributed by atoms with van der Waals surface area (Å²) in [6, 6.07) is 15.0. The molecule has 0 N–H and O–H groups in total. The third-order valence-electron chi connectivity index (χ3n) is 5.18. The van der Waals surface area contributed by atoms with Crippen LogP contribution in [0, 0.1) is 24.2 Å². The van der Waals surface area contributed by atoms with Gasteiger partial charge < -0.3 is 4.74 Å². The first-order valence-corrected chi connectivity index (χ1v) is 11.6. The molecule has 1 aliphatic heterocycles. The van der Waals surface area contributed by atoms with Gasteiger partial charge in [0.1, 0.15) is 5.75 Å². The van der Waals surface area contributed by atoms with Crippen molar-refractivity contribution in [3.05, 3.63) is 59.2 Å². The van der Waals surface area contributed by atoms with Gasteiger partial charge in [0.2, 0.25) is 0 Å². The molecule has 0 saturated carbocycles. The number of benzene rings is 2. The molecular weight excluding hydrogens is 384 g/mol. The monoisotopic (exact) mass is 412 g/mol. The van der Waals surface area contributed by atoms with Crippen molar-refractivity contribution in [2.45, 2.75) is 44.7 Å². The van der Waals surface area contributed by atoms with Crippen molar-refractivity contribution < 1.29 is 13.2 Å². The van der Waals surface area contributed by atoms with Gasteiger partial charge in [-0.15, -0.1) is 0 Å². The quantitative estimate of drug-likeness (QED) is 0.689. The maximum atomic E-state index is 12.9. The molecule has 2 aromatic carbocycles. The van der Waals surface area contributed by atoms with Crippen LogP contribution in [0.4, 0.5) is 0 Å². The van der Waals surface area contributed by atoms with Crippen LogP contribution < -0.4 is 4.74 Å². The smallest absolute Gasteiger partial charge is 0.179 e. The molecule has 0 spiro atoms. The highest BCUT2D eigenvalue weighted by molar-refractivity contribution is 7.91. The molecule has 0 radical (unpaired) electrons. The molecule has 0 aromatic heterocycles. The highest BCUT2D eigenvalue weighted by atomic mass is 32.2. The molecule has 1 heterocycles. The normalized spacial score (nSPS) is 17.4. The number of rotatable bonds is 7. The first-order valence-electron chi connectivity index (χ1n) is 9.98. The predicted octanol–water partition coefficient (Wildman–Crippen LogP) is 3.95. The summed E-state index contributed by atoms with van der Waals surface area (Å²) < 4.78 is 31.5. The highest BCUT2D eigenvalue weighted by Crippen LogP contribution is 2.26. The minimum Gasteiger partial charge on any atom is -0.491 e. The van der Waals surface area contributed by atoms with Crippen molar-refractivity contribution in [1.82, 2.24) is 4.90 Å². The van der Waals surface area contributed by atoms with Crippen LogP contribution in [-0.4, -0.2) is 38.3 Å². The second-order valence-electron chi connectivity index (χ2n) is 8.07. The molecule has 0 bridgehead atoms. The summed E-state index contributed by atoms with van der Waals surface area (Å²) in [5.74, 6) is 1.10. The first kappa shape index (κ1) is 21.4. The van der Waals surface area contributed by atoms with Crippen molar-refractivity contribution in [3.8, 4) is 11.8 Å². The maximum absolute atomic E-state index is 12.9. The summed E-state index contributed by atoms with van der Waals surface area (Å²) in [4.78, 5) is 2.59. The van der Waals surface area contributed by atoms with Crippen molar-refractivity contribution in [3.63, 3.8) is 0 Å². The third-order valence-corrected chi connectivity index (χ3v) is 7.20. The Hall–Kier alpha value is -2.36. The second-order valence-corrected chi connectivity index (χ2v) is 10.1. The van der Waals surface area contributed by atoms with E-state index in [2.05, 4.69) is 17.0 Å². The lowest BCUT2D eigenvalue weighted by atomic mass is 10.1. The molecular formula is C23H28N2O3S. The maximum Gasteiger partial charge on any atom is 0.179 e. The van der Waals surface area contributed by atoms with Gasteiger partial charge in [-0.25, -0.2) is 8.42 Å². The topological polar surface area (TPSA) is 70.4 Å². The number of hydrogen-bond donors (Lipinski definition) is 0. The summed E-state index contributed by atoms with van der Waals surface area (Å²) in [6.07, 6.45) is 1.02. The van der Waals surface area contributed by atoms with Gasteiger partial charge in [0.15, 0.2) is 9.84 Å². The number of aryl methyl sites for hydroxylation is 1. The summed E-state index contributed by atoms with van der Waals surface area (Å²) >= 11 is 0. The fourth-order valence-electron chi connectivity index (χ4n) is 3.80. The lowest BCUT2D eigenvalue weighted by Gasteiger charge is -2.17. The first-order chi connectivity index (χ1) is 13.8. The van der Waals surface area contributed by atoms with Crippen molar-refractivity contribution in [2.75, 3.05) is 18.8 Å². The minimum absolute atomic E-state index is 0.105. The predicted molar refractivity (Wildman–Crippen MR) is 114 cm³/mol. The van der Waals surface area contributed by atoms with Gasteiger partial charge in [0.05, 0.1) is 28.4 Å². The van der Waals surface area contributed by atoms with Crippen LogP contribution in [0.2, 0.25) is 0 Å². The molecule has 5 nitrogen and oxygen atoms in total. The Kier molecular flexibility index (Phi) is 6.61. The van der Waals surface area contributed by atoms with Crippen LogP contribution in [0.15, 0.2) is 47.4 Å². The van der Waals surface area contributed by atoms with Crippen molar-refractivity contribution in [2.24, 2.45) is 5.92 Å². The van der Waals surface area contributed by atoms with E-state index in [1.807, 2.05) is 32.0 Å². The van der Waals surface area contributed by atoms with E-state index < -0.39 is 9.84 Å². The highest BCUT2D eigenvalue weighted by Gasteiger charge is 2.29. The van der Waals surface area contributed by atoms with Gasteiger partial charge in [-0.3, -0.25) is 4.90 Å². The number of ether oxygens (including phenoxy) is 1. The van der Waals surface area contributed by atoms with Crippen LogP contribution in [0.1, 0.15) is 37.0 Å². The minimum atomic E-state index is -3.41. The van der Waals surface area contributed by atoms with Crippen molar-refractivity contribution >= 4 is 9.84 Å². The van der Waals surface area contributed by atoms with Gasteiger partial charge in [-0.1, -0.05) is 18.2 Å². The molecule has 1 aliphatic rings. The van der Waals surface area contributed by atoms with Crippen LogP contribution in [0.5, 0.6) is 5.75 Å². The molecule has 29 heavy (non-hydrogen) atoms. The van der Waals surface area contributed by atoms with Crippen molar-refractivity contribution in [1.29, 1.82) is 5.26 Å². The number of likely N-dealkylation sites (tertiary alicyclic amines) is 1. The number of nitrogens with zero attached hydrogens (tertiary/aromatic N) is 2. The largest absolute Gasteiger partial charge is 0.491 e. The van der Waals surface area contributed by atoms with Gasteiger partial charge in [-0.05, 0) is 75.0 Å². The van der Waals surface area contributed by atoms with Crippen LogP contribution in [-0.2, 0) is 16.4 Å². The molecule has 6 heteroatoms. The molecule has 0 amide bonds. The Labute approximate surface area is 173 Å². The van der Waals surface area contributed by atoms with Gasteiger partial charge in [-0.2, -0.15) is 5.26 Å². The standard InChI is InChI=1S/C23H28N2O3S/c1-17(2)28-22-8-6-19(7-9-22)14-25-11-10-21(15-25)16-29(26,27)23-12-20(13-24)5-4-18(23)3/h4-9,12,17,21H,10-11,14-16H2,1-3H3/t21-/m1/s1. The van der Waals surface area contributed by atoms with Gasteiger partial charge in [0.25, 0.3) is 0 Å². The van der Waals surface area contributed by atoms with Crippen LogP contribution >= 0.6 is 0 Å². The number of sulfone groups is 1. The zero-order valence-electron chi connectivity index (χ0n) is 17.3. The zero-order valence-corrected chi connectivity index (χ0v) is 18.1. The van der Waals surface area contributed by atoms with E-state index in [1.165, 1.54) is 11.6 Å². The van der Waals surface area contributed by atoms with E-state index in [0.717, 1.165) is 31.8 Å². The molecule has 0 aliphatic carbocycles. The van der Waals surface area contributed by atoms with E-state index in [0.29, 0.717) is 11.1 Å². The molecule has 154 valence electrons. The summed E-state index contributed by atoms with van der Waals surface area (Å²) in [7, 11) is -3.41. The Bertz CT molecular complexity index is 992. The Morgan fingerprint density at radius 1 is 1.21 bits per heavy atom. The Morgan fingerprint density at radius 3 is 2.59 bits per heavy atom. The zero-order chi connectivity index (χ0) is 21.0. The lowest BCUT2D eigenvalue weighted by molar-refractivity contribution is 0.242. The SMILES string of the molecule is Cc1ccc(C#N)cc1S(=O)(=O)C[C@@H]1CCN(Cc2ccc(OC(C)C)cc2)C1. The van der Waals surface area contributed by atoms with Gasteiger partial charge >= 0.3 is 0 Å². The number of nitriles is 1. The Balaban J connectivity index is 1.60. The van der Waals surface area contributed by atoms with Crippen LogP contribution in [0.3, 0.4) is 0 Å². The van der Waals surface area contributed by atoms with E-state index in [4.69, 9.17) is 10.00 Å². The molecule has 1 saturated heterocycles. The average Bonchev–Trinajstić information content (AvgIpc) is 3.09. The molecule has 3 rings (SSSR count). The molecule has 0 unspecified atom stereocenters. The van der Waals surface area contributed by atoms with Crippen LogP contribution in [0.25, 0.3) is 0 Å². The molecule has 2 aromatic rings. The number of hydrogen-bond acceptors (Lipinski definition) is 5. The van der Waals surface area contributed by atoms with E-state index in [1.54, 1.807) is 19.1 Å². The molecule has 1 atom stereocenters. The fourth-order valence-corrected chi connectivity index (χ4v) is 5.74. The summed E-state index contributed by atoms with van der Waals surface area (Å²) in [5, 5.41) is 9.08. The molecule has 1 fully saturated rings. The fraction of sp³-hybridized carbons (Fsp3) is 0.435. The van der Waals surface area contributed by atoms with Gasteiger partial charge in [0, 0.05) is 13.1 Å². The summed E-state index contributed by atoms with van der Waals surface area (Å²) in [5.41, 5.74) is 2.27. The lowest BCUT2D eigenvalue weighted by Crippen LogP contribution is -2.23. The summed E-state index contributed by atoms with van der Waals surface area (Å²) in [6.45, 7) is 8.25. The average molecular weight is 413 g/mol. The second kappa shape index (κ2) is 8.98. The third kappa shape index (κ3) is 5.59. The van der Waals surface area contributed by atoms with E-state index in [-0.39, 0.29) is 22.7 Å². The van der Waals surface area contributed by atoms with E-state index >= 15 is 0 Å². The van der Waals surface area contributed by atoms with E-state index in [9.17, 15) is 8.42 Å².